The third kappa shape index (κ3) is 3.93. The Kier molecular flexibility index (Phi) is 4.59. The Balaban J connectivity index is 2.11. The van der Waals surface area contributed by atoms with Crippen LogP contribution in [0.4, 0.5) is 0 Å². The molecule has 0 radical (unpaired) electrons. The van der Waals surface area contributed by atoms with Gasteiger partial charge in [0.1, 0.15) is 10.7 Å². The van der Waals surface area contributed by atoms with Gasteiger partial charge in [0.25, 0.3) is 10.1 Å². The first-order valence-corrected chi connectivity index (χ1v) is 7.62. The second-order valence-corrected chi connectivity index (χ2v) is 5.76. The molecule has 0 atom stereocenters. The predicted octanol–water partition coefficient (Wildman–Crippen LogP) is -0.287. The van der Waals surface area contributed by atoms with Crippen LogP contribution >= 0.6 is 0 Å². The number of rotatable bonds is 5. The van der Waals surface area contributed by atoms with Crippen molar-refractivity contribution in [3.63, 3.8) is 0 Å². The molecule has 116 valence electrons. The van der Waals surface area contributed by atoms with Crippen LogP contribution < -0.4 is 16.5 Å². The zero-order chi connectivity index (χ0) is 16.2. The van der Waals surface area contributed by atoms with Crippen molar-refractivity contribution in [2.24, 2.45) is 10.8 Å². The Hall–Kier alpha value is -2.65. The minimum Gasteiger partial charge on any atom is -0.366 e. The van der Waals surface area contributed by atoms with E-state index in [4.69, 9.17) is 10.3 Å². The molecule has 1 amide bonds. The average molecular weight is 322 g/mol. The van der Waals surface area contributed by atoms with E-state index in [-0.39, 0.29) is 17.0 Å². The van der Waals surface area contributed by atoms with E-state index in [0.717, 1.165) is 0 Å². The molecule has 8 nitrogen and oxygen atoms in total. The van der Waals surface area contributed by atoms with Gasteiger partial charge in [-0.05, 0) is 18.2 Å². The SMILES string of the molecule is NC(=O)C1=CC=C(N/N=C/c2ccccc2S(=O)(=O)O)NC1. The van der Waals surface area contributed by atoms with E-state index in [0.29, 0.717) is 11.4 Å². The molecule has 0 saturated heterocycles. The van der Waals surface area contributed by atoms with Crippen LogP contribution in [-0.2, 0) is 14.9 Å². The van der Waals surface area contributed by atoms with Crippen LogP contribution in [0, 0.1) is 0 Å². The summed E-state index contributed by atoms with van der Waals surface area (Å²) in [6, 6.07) is 5.89. The topological polar surface area (TPSA) is 134 Å². The molecule has 1 aromatic rings. The predicted molar refractivity (Wildman–Crippen MR) is 80.3 cm³/mol. The number of nitrogens with two attached hydrogens (primary N) is 1. The van der Waals surface area contributed by atoms with Gasteiger partial charge in [0.15, 0.2) is 0 Å². The molecule has 1 heterocycles. The Bertz CT molecular complexity index is 781. The normalized spacial score (nSPS) is 15.0. The summed E-state index contributed by atoms with van der Waals surface area (Å²) >= 11 is 0. The second kappa shape index (κ2) is 6.41. The molecule has 1 aliphatic rings. The van der Waals surface area contributed by atoms with Crippen molar-refractivity contribution in [3.05, 3.63) is 53.4 Å². The van der Waals surface area contributed by atoms with Crippen LogP contribution in [0.3, 0.4) is 0 Å². The van der Waals surface area contributed by atoms with Gasteiger partial charge in [-0.3, -0.25) is 14.8 Å². The van der Waals surface area contributed by atoms with Gasteiger partial charge < -0.3 is 11.1 Å². The molecule has 9 heteroatoms. The van der Waals surface area contributed by atoms with Gasteiger partial charge in [0.2, 0.25) is 5.91 Å². The summed E-state index contributed by atoms with van der Waals surface area (Å²) in [7, 11) is -4.32. The highest BCUT2D eigenvalue weighted by Crippen LogP contribution is 2.12. The Morgan fingerprint density at radius 1 is 1.36 bits per heavy atom. The van der Waals surface area contributed by atoms with Crippen LogP contribution in [0.2, 0.25) is 0 Å². The fraction of sp³-hybridized carbons (Fsp3) is 0.0769. The van der Waals surface area contributed by atoms with Crippen LogP contribution in [0.5, 0.6) is 0 Å². The minimum absolute atomic E-state index is 0.234. The maximum atomic E-state index is 11.2. The number of dihydropyridines is 1. The highest BCUT2D eigenvalue weighted by Gasteiger charge is 2.13. The fourth-order valence-electron chi connectivity index (χ4n) is 1.73. The van der Waals surface area contributed by atoms with Gasteiger partial charge in [-0.1, -0.05) is 18.2 Å². The lowest BCUT2D eigenvalue weighted by molar-refractivity contribution is -0.114. The van der Waals surface area contributed by atoms with Gasteiger partial charge in [-0.25, -0.2) is 0 Å². The number of hydrogen-bond donors (Lipinski definition) is 4. The second-order valence-electron chi connectivity index (χ2n) is 4.37. The van der Waals surface area contributed by atoms with E-state index < -0.39 is 16.0 Å². The first-order chi connectivity index (χ1) is 10.4. The smallest absolute Gasteiger partial charge is 0.295 e. The summed E-state index contributed by atoms with van der Waals surface area (Å²) in [5.74, 6) is 0.0129. The van der Waals surface area contributed by atoms with Crippen molar-refractivity contribution in [2.45, 2.75) is 4.90 Å². The molecular formula is C13H14N4O4S. The molecule has 1 aliphatic heterocycles. The lowest BCUT2D eigenvalue weighted by Crippen LogP contribution is -2.31. The quantitative estimate of drug-likeness (QED) is 0.334. The van der Waals surface area contributed by atoms with E-state index >= 15 is 0 Å². The molecule has 1 aromatic carbocycles. The molecule has 22 heavy (non-hydrogen) atoms. The van der Waals surface area contributed by atoms with Crippen molar-refractivity contribution in [2.75, 3.05) is 6.54 Å². The summed E-state index contributed by atoms with van der Waals surface area (Å²) in [6.07, 6.45) is 4.40. The van der Waals surface area contributed by atoms with Crippen LogP contribution in [0.25, 0.3) is 0 Å². The van der Waals surface area contributed by atoms with Crippen LogP contribution in [0.15, 0.2) is 57.8 Å². The van der Waals surface area contributed by atoms with E-state index in [2.05, 4.69) is 15.8 Å². The maximum Gasteiger partial charge on any atom is 0.295 e. The highest BCUT2D eigenvalue weighted by atomic mass is 32.2. The van der Waals surface area contributed by atoms with E-state index in [1.165, 1.54) is 24.4 Å². The number of benzene rings is 1. The van der Waals surface area contributed by atoms with Crippen molar-refractivity contribution in [1.82, 2.24) is 10.7 Å². The third-order valence-corrected chi connectivity index (χ3v) is 3.75. The fourth-order valence-corrected chi connectivity index (χ4v) is 2.40. The van der Waals surface area contributed by atoms with Gasteiger partial charge in [0.05, 0.1) is 6.21 Å². The largest absolute Gasteiger partial charge is 0.366 e. The molecule has 5 N–H and O–H groups in total. The van der Waals surface area contributed by atoms with Gasteiger partial charge in [-0.2, -0.15) is 13.5 Å². The molecule has 0 aliphatic carbocycles. The maximum absolute atomic E-state index is 11.2. The van der Waals surface area contributed by atoms with E-state index in [9.17, 15) is 13.2 Å². The van der Waals surface area contributed by atoms with Crippen molar-refractivity contribution < 1.29 is 17.8 Å². The van der Waals surface area contributed by atoms with E-state index in [1.54, 1.807) is 18.2 Å². The number of hydrogen-bond acceptors (Lipinski definition) is 6. The zero-order valence-corrected chi connectivity index (χ0v) is 12.2. The van der Waals surface area contributed by atoms with Crippen molar-refractivity contribution in [1.29, 1.82) is 0 Å². The molecule has 0 unspecified atom stereocenters. The molecular weight excluding hydrogens is 308 g/mol. The monoisotopic (exact) mass is 322 g/mol. The van der Waals surface area contributed by atoms with Crippen LogP contribution in [0.1, 0.15) is 5.56 Å². The number of nitrogens with one attached hydrogen (secondary N) is 2. The number of allylic oxidation sites excluding steroid dienone is 2. The standard InChI is InChI=1S/C13H14N4O4S/c14-13(18)10-5-6-12(15-7-10)17-16-8-9-3-1-2-4-11(9)22(19,20)21/h1-6,8,15,17H,7H2,(H2,14,18)(H,19,20,21)/b16-8+. The highest BCUT2D eigenvalue weighted by molar-refractivity contribution is 7.86. The summed E-state index contributed by atoms with van der Waals surface area (Å²) < 4.78 is 31.5. The first kappa shape index (κ1) is 15.7. The lowest BCUT2D eigenvalue weighted by atomic mass is 10.2. The molecule has 0 aromatic heterocycles. The number of carbonyl (C=O) groups is 1. The number of carbonyl (C=O) groups excluding carboxylic acids is 1. The Labute approximate surface area is 127 Å². The Morgan fingerprint density at radius 3 is 2.68 bits per heavy atom. The molecule has 0 bridgehead atoms. The summed E-state index contributed by atoms with van der Waals surface area (Å²) in [5.41, 5.74) is 8.47. The summed E-state index contributed by atoms with van der Waals surface area (Å²) in [6.45, 7) is 0.269. The number of hydrazone groups is 1. The molecule has 0 fully saturated rings. The number of nitrogens with zero attached hydrogens (tertiary/aromatic N) is 1. The van der Waals surface area contributed by atoms with Gasteiger partial charge in [-0.15, -0.1) is 0 Å². The number of primary amides is 1. The average Bonchev–Trinajstić information content (AvgIpc) is 2.47. The van der Waals surface area contributed by atoms with Gasteiger partial charge in [0, 0.05) is 17.7 Å². The van der Waals surface area contributed by atoms with E-state index in [1.807, 2.05) is 0 Å². The number of amides is 1. The van der Waals surface area contributed by atoms with Crippen LogP contribution in [-0.4, -0.2) is 31.6 Å². The molecule has 2 rings (SSSR count). The molecule has 0 saturated carbocycles. The van der Waals surface area contributed by atoms with Crippen molar-refractivity contribution in [3.8, 4) is 0 Å². The summed E-state index contributed by atoms with van der Waals surface area (Å²) in [4.78, 5) is 10.7. The summed E-state index contributed by atoms with van der Waals surface area (Å²) in [5, 5.41) is 6.76. The lowest BCUT2D eigenvalue weighted by Gasteiger charge is -2.14. The van der Waals surface area contributed by atoms with Gasteiger partial charge >= 0.3 is 0 Å². The third-order valence-electron chi connectivity index (χ3n) is 2.82. The Morgan fingerprint density at radius 2 is 2.09 bits per heavy atom. The minimum atomic E-state index is -4.32. The zero-order valence-electron chi connectivity index (χ0n) is 11.4. The van der Waals surface area contributed by atoms with Crippen molar-refractivity contribution >= 4 is 22.2 Å². The molecule has 0 spiro atoms. The first-order valence-electron chi connectivity index (χ1n) is 6.18.